The first kappa shape index (κ1) is 12.5. The number of alkyl halides is 3. The van der Waals surface area contributed by atoms with Crippen molar-refractivity contribution in [3.8, 4) is 0 Å². The average molecular weight is 256 g/mol. The van der Waals surface area contributed by atoms with Crippen LogP contribution in [-0.2, 0) is 12.7 Å². The Bertz CT molecular complexity index is 534. The zero-order chi connectivity index (χ0) is 13.2. The van der Waals surface area contributed by atoms with Crippen LogP contribution in [0.5, 0.6) is 0 Å². The third-order valence-electron chi connectivity index (χ3n) is 2.28. The summed E-state index contributed by atoms with van der Waals surface area (Å²) in [5.41, 5.74) is -0.914. The lowest BCUT2D eigenvalue weighted by Gasteiger charge is -2.08. The lowest BCUT2D eigenvalue weighted by molar-refractivity contribution is -0.141. The van der Waals surface area contributed by atoms with Crippen molar-refractivity contribution in [2.45, 2.75) is 19.6 Å². The number of halogens is 3. The van der Waals surface area contributed by atoms with Crippen LogP contribution in [0, 0.1) is 6.92 Å². The van der Waals surface area contributed by atoms with E-state index in [2.05, 4.69) is 10.3 Å². The van der Waals surface area contributed by atoms with E-state index in [0.29, 0.717) is 12.3 Å². The summed E-state index contributed by atoms with van der Waals surface area (Å²) in [4.78, 5) is 3.49. The predicted octanol–water partition coefficient (Wildman–Crippen LogP) is 3.61. The fourth-order valence-corrected chi connectivity index (χ4v) is 1.45. The summed E-state index contributed by atoms with van der Waals surface area (Å²) >= 11 is 0. The number of aromatic nitrogens is 1. The first-order valence-corrected chi connectivity index (χ1v) is 5.28. The number of aryl methyl sites for hydroxylation is 1. The quantitative estimate of drug-likeness (QED) is 0.911. The van der Waals surface area contributed by atoms with Crippen LogP contribution in [-0.4, -0.2) is 4.98 Å². The maximum absolute atomic E-state index is 12.4. The van der Waals surface area contributed by atoms with Crippen LogP contribution in [0.3, 0.4) is 0 Å². The van der Waals surface area contributed by atoms with E-state index in [1.807, 2.05) is 0 Å². The summed E-state index contributed by atoms with van der Waals surface area (Å²) < 4.78 is 42.6. The molecule has 2 aromatic rings. The molecule has 0 fully saturated rings. The van der Waals surface area contributed by atoms with Gasteiger partial charge in [-0.15, -0.1) is 0 Å². The van der Waals surface area contributed by atoms with Gasteiger partial charge in [-0.2, -0.15) is 13.2 Å². The van der Waals surface area contributed by atoms with Gasteiger partial charge in [0.25, 0.3) is 0 Å². The average Bonchev–Trinajstić information content (AvgIpc) is 2.72. The highest BCUT2D eigenvalue weighted by Crippen LogP contribution is 2.28. The van der Waals surface area contributed by atoms with Gasteiger partial charge in [0.1, 0.15) is 23.0 Å². The van der Waals surface area contributed by atoms with E-state index in [0.717, 1.165) is 11.8 Å². The molecule has 0 spiro atoms. The monoisotopic (exact) mass is 256 g/mol. The molecule has 0 aliphatic rings. The van der Waals surface area contributed by atoms with Gasteiger partial charge in [0, 0.05) is 0 Å². The van der Waals surface area contributed by atoms with Crippen molar-refractivity contribution in [1.29, 1.82) is 0 Å². The van der Waals surface area contributed by atoms with Crippen molar-refractivity contribution in [3.05, 3.63) is 47.5 Å². The Kier molecular flexibility index (Phi) is 3.27. The van der Waals surface area contributed by atoms with Crippen LogP contribution < -0.4 is 5.32 Å². The van der Waals surface area contributed by atoms with E-state index in [1.54, 1.807) is 19.1 Å². The number of hydrogen-bond donors (Lipinski definition) is 1. The Morgan fingerprint density at radius 1 is 1.22 bits per heavy atom. The number of nitrogens with one attached hydrogen (secondary N) is 1. The molecule has 3 nitrogen and oxygen atoms in total. The van der Waals surface area contributed by atoms with Gasteiger partial charge in [-0.1, -0.05) is 6.07 Å². The fourth-order valence-electron chi connectivity index (χ4n) is 1.45. The summed E-state index contributed by atoms with van der Waals surface area (Å²) in [5, 5.41) is 2.78. The zero-order valence-electron chi connectivity index (χ0n) is 9.58. The van der Waals surface area contributed by atoms with Crippen molar-refractivity contribution in [1.82, 2.24) is 4.98 Å². The minimum atomic E-state index is -4.43. The molecule has 6 heteroatoms. The summed E-state index contributed by atoms with van der Waals surface area (Å²) in [6.07, 6.45) is -4.43. The molecule has 1 N–H and O–H groups in total. The molecule has 0 aliphatic carbocycles. The van der Waals surface area contributed by atoms with Crippen molar-refractivity contribution in [2.24, 2.45) is 0 Å². The first-order valence-electron chi connectivity index (χ1n) is 5.28. The number of nitrogens with zero attached hydrogens (tertiary/aromatic N) is 1. The molecule has 0 bridgehead atoms. The number of furan rings is 1. The highest BCUT2D eigenvalue weighted by atomic mass is 19.4. The molecular weight excluding hydrogens is 245 g/mol. The van der Waals surface area contributed by atoms with Crippen LogP contribution in [0.15, 0.2) is 34.7 Å². The Morgan fingerprint density at radius 3 is 2.61 bits per heavy atom. The minimum Gasteiger partial charge on any atom is -0.465 e. The molecule has 0 amide bonds. The SMILES string of the molecule is Cc1ccc(CNc2cccc(C(F)(F)F)n2)o1. The van der Waals surface area contributed by atoms with Gasteiger partial charge in [-0.05, 0) is 31.2 Å². The lowest BCUT2D eigenvalue weighted by atomic mass is 10.3. The summed E-state index contributed by atoms with van der Waals surface area (Å²) in [6.45, 7) is 2.09. The van der Waals surface area contributed by atoms with Crippen LogP contribution in [0.4, 0.5) is 19.0 Å². The third-order valence-corrected chi connectivity index (χ3v) is 2.28. The van der Waals surface area contributed by atoms with E-state index in [9.17, 15) is 13.2 Å². The molecule has 96 valence electrons. The van der Waals surface area contributed by atoms with Crippen molar-refractivity contribution >= 4 is 5.82 Å². The highest BCUT2D eigenvalue weighted by Gasteiger charge is 2.32. The second-order valence-electron chi connectivity index (χ2n) is 3.77. The molecule has 0 saturated carbocycles. The standard InChI is InChI=1S/C12H11F3N2O/c1-8-5-6-9(18-8)7-16-11-4-2-3-10(17-11)12(13,14)15/h2-6H,7H2,1H3,(H,16,17). The third kappa shape index (κ3) is 3.03. The summed E-state index contributed by atoms with van der Waals surface area (Å²) in [7, 11) is 0. The van der Waals surface area contributed by atoms with Crippen LogP contribution in [0.25, 0.3) is 0 Å². The second kappa shape index (κ2) is 4.72. The number of anilines is 1. The van der Waals surface area contributed by atoms with E-state index in [-0.39, 0.29) is 5.82 Å². The van der Waals surface area contributed by atoms with Crippen LogP contribution in [0.2, 0.25) is 0 Å². The maximum atomic E-state index is 12.4. The van der Waals surface area contributed by atoms with Crippen molar-refractivity contribution in [3.63, 3.8) is 0 Å². The van der Waals surface area contributed by atoms with Gasteiger partial charge < -0.3 is 9.73 Å². The van der Waals surface area contributed by atoms with Gasteiger partial charge in [0.2, 0.25) is 0 Å². The largest absolute Gasteiger partial charge is 0.465 e. The van der Waals surface area contributed by atoms with Gasteiger partial charge >= 0.3 is 6.18 Å². The van der Waals surface area contributed by atoms with Crippen LogP contribution >= 0.6 is 0 Å². The van der Waals surface area contributed by atoms with Gasteiger partial charge in [-0.3, -0.25) is 0 Å². The number of pyridine rings is 1. The predicted molar refractivity (Wildman–Crippen MR) is 60.0 cm³/mol. The molecule has 2 rings (SSSR count). The number of hydrogen-bond acceptors (Lipinski definition) is 3. The molecule has 2 heterocycles. The Morgan fingerprint density at radius 2 is 2.00 bits per heavy atom. The minimum absolute atomic E-state index is 0.166. The molecule has 0 aliphatic heterocycles. The molecule has 0 saturated heterocycles. The van der Waals surface area contributed by atoms with Crippen molar-refractivity contribution in [2.75, 3.05) is 5.32 Å². The van der Waals surface area contributed by atoms with E-state index in [1.165, 1.54) is 12.1 Å². The summed E-state index contributed by atoms with van der Waals surface area (Å²) in [6, 6.07) is 7.27. The Hall–Kier alpha value is -1.98. The Labute approximate surface area is 102 Å². The molecule has 0 unspecified atom stereocenters. The summed E-state index contributed by atoms with van der Waals surface area (Å²) in [5.74, 6) is 1.56. The van der Waals surface area contributed by atoms with Crippen molar-refractivity contribution < 1.29 is 17.6 Å². The van der Waals surface area contributed by atoms with Gasteiger partial charge in [0.05, 0.1) is 6.54 Å². The normalized spacial score (nSPS) is 11.6. The second-order valence-corrected chi connectivity index (χ2v) is 3.77. The first-order chi connectivity index (χ1) is 8.45. The van der Waals surface area contributed by atoms with Crippen LogP contribution in [0.1, 0.15) is 17.2 Å². The molecule has 0 atom stereocenters. The zero-order valence-corrected chi connectivity index (χ0v) is 9.58. The van der Waals surface area contributed by atoms with E-state index in [4.69, 9.17) is 4.42 Å². The van der Waals surface area contributed by atoms with Gasteiger partial charge in [0.15, 0.2) is 0 Å². The van der Waals surface area contributed by atoms with Gasteiger partial charge in [-0.25, -0.2) is 4.98 Å². The lowest BCUT2D eigenvalue weighted by Crippen LogP contribution is -2.10. The maximum Gasteiger partial charge on any atom is 0.433 e. The molecule has 2 aromatic heterocycles. The van der Waals surface area contributed by atoms with E-state index < -0.39 is 11.9 Å². The fraction of sp³-hybridized carbons (Fsp3) is 0.250. The molecular formula is C12H11F3N2O. The smallest absolute Gasteiger partial charge is 0.433 e. The number of rotatable bonds is 3. The topological polar surface area (TPSA) is 38.1 Å². The Balaban J connectivity index is 2.06. The highest BCUT2D eigenvalue weighted by molar-refractivity contribution is 5.36. The molecule has 0 aromatic carbocycles. The molecule has 0 radical (unpaired) electrons. The van der Waals surface area contributed by atoms with E-state index >= 15 is 0 Å². The molecule has 18 heavy (non-hydrogen) atoms.